The highest BCUT2D eigenvalue weighted by Crippen LogP contribution is 2.43. The van der Waals surface area contributed by atoms with Crippen LogP contribution in [0.5, 0.6) is 5.75 Å². The van der Waals surface area contributed by atoms with Crippen LogP contribution < -0.4 is 9.64 Å². The highest BCUT2D eigenvalue weighted by molar-refractivity contribution is 6.36. The van der Waals surface area contributed by atoms with Gasteiger partial charge in [0.1, 0.15) is 12.2 Å². The number of fused-ring (bicyclic) bond motifs is 1. The number of carbonyl (C=O) groups excluding carboxylic acids is 2. The van der Waals surface area contributed by atoms with E-state index in [1.165, 1.54) is 13.2 Å². The number of alkyl halides is 3. The molecule has 3 heterocycles. The van der Waals surface area contributed by atoms with E-state index in [1.807, 2.05) is 0 Å². The van der Waals surface area contributed by atoms with E-state index < -0.39 is 47.6 Å². The number of halogens is 6. The van der Waals surface area contributed by atoms with Gasteiger partial charge in [0.05, 0.1) is 23.3 Å². The first-order valence-corrected chi connectivity index (χ1v) is 11.3. The zero-order chi connectivity index (χ0) is 25.9. The van der Waals surface area contributed by atoms with Crippen molar-refractivity contribution in [2.45, 2.75) is 24.9 Å². The summed E-state index contributed by atoms with van der Waals surface area (Å²) in [6, 6.07) is 4.12. The standard InChI is InChI=1S/C23H18ClF5N4O3/c1-36-17-9-13(25)15(8-14(17)26)32-5-4-31(10-19(32)34)22(35)21-20(24)16-6-12(11-2-3-11)7-18(23(27,28)29)33(16)30-21/h6-9,11H,2-5,10H2,1H3. The minimum atomic E-state index is -4.74. The molecule has 0 N–H and O–H groups in total. The summed E-state index contributed by atoms with van der Waals surface area (Å²) >= 11 is 6.32. The summed E-state index contributed by atoms with van der Waals surface area (Å²) in [6.07, 6.45) is -3.22. The van der Waals surface area contributed by atoms with Gasteiger partial charge in [-0.3, -0.25) is 9.59 Å². The quantitative estimate of drug-likeness (QED) is 0.462. The second-order valence-corrected chi connectivity index (χ2v) is 8.99. The van der Waals surface area contributed by atoms with Gasteiger partial charge in [-0.15, -0.1) is 0 Å². The highest BCUT2D eigenvalue weighted by atomic mass is 35.5. The molecule has 0 radical (unpaired) electrons. The van der Waals surface area contributed by atoms with Gasteiger partial charge in [0.25, 0.3) is 5.91 Å². The Labute approximate surface area is 206 Å². The van der Waals surface area contributed by atoms with E-state index in [0.717, 1.165) is 40.8 Å². The van der Waals surface area contributed by atoms with Crippen molar-refractivity contribution >= 4 is 34.6 Å². The van der Waals surface area contributed by atoms with Gasteiger partial charge in [0, 0.05) is 25.2 Å². The average molecular weight is 529 g/mol. The summed E-state index contributed by atoms with van der Waals surface area (Å²) in [4.78, 5) is 27.9. The van der Waals surface area contributed by atoms with Crippen LogP contribution >= 0.6 is 11.6 Å². The number of amides is 2. The van der Waals surface area contributed by atoms with Crippen molar-refractivity contribution in [1.82, 2.24) is 14.5 Å². The fraction of sp³-hybridized carbons (Fsp3) is 0.348. The molecule has 2 amide bonds. The van der Waals surface area contributed by atoms with Crippen LogP contribution in [0.2, 0.25) is 5.02 Å². The number of benzene rings is 1. The summed E-state index contributed by atoms with van der Waals surface area (Å²) in [5.74, 6) is -3.67. The number of aromatic nitrogens is 2. The second kappa shape index (κ2) is 8.61. The normalized spacial score (nSPS) is 16.7. The molecule has 1 saturated heterocycles. The summed E-state index contributed by atoms with van der Waals surface area (Å²) < 4.78 is 75.0. The molecule has 0 atom stereocenters. The van der Waals surface area contributed by atoms with Gasteiger partial charge in [-0.2, -0.15) is 18.3 Å². The van der Waals surface area contributed by atoms with Gasteiger partial charge in [-0.05, 0) is 36.5 Å². The Morgan fingerprint density at radius 3 is 2.44 bits per heavy atom. The maximum absolute atomic E-state index is 14.5. The number of hydrogen-bond donors (Lipinski definition) is 0. The third-order valence-electron chi connectivity index (χ3n) is 6.26. The van der Waals surface area contributed by atoms with E-state index in [1.54, 1.807) is 0 Å². The van der Waals surface area contributed by atoms with E-state index in [2.05, 4.69) is 5.10 Å². The third-order valence-corrected chi connectivity index (χ3v) is 6.63. The van der Waals surface area contributed by atoms with E-state index in [0.29, 0.717) is 10.1 Å². The van der Waals surface area contributed by atoms with Crippen molar-refractivity contribution in [1.29, 1.82) is 0 Å². The monoisotopic (exact) mass is 528 g/mol. The third kappa shape index (κ3) is 4.12. The van der Waals surface area contributed by atoms with Crippen molar-refractivity contribution in [2.75, 3.05) is 31.6 Å². The summed E-state index contributed by atoms with van der Waals surface area (Å²) in [6.45, 7) is -0.825. The predicted octanol–water partition coefficient (Wildman–Crippen LogP) is 4.66. The Bertz CT molecular complexity index is 1400. The zero-order valence-corrected chi connectivity index (χ0v) is 19.5. The van der Waals surface area contributed by atoms with E-state index >= 15 is 0 Å². The first kappa shape index (κ1) is 24.3. The number of pyridine rings is 1. The lowest BCUT2D eigenvalue weighted by atomic mass is 10.1. The summed E-state index contributed by atoms with van der Waals surface area (Å²) in [7, 11) is 1.17. The molecule has 0 spiro atoms. The molecule has 36 heavy (non-hydrogen) atoms. The molecule has 13 heteroatoms. The van der Waals surface area contributed by atoms with Gasteiger partial charge in [0.15, 0.2) is 23.1 Å². The van der Waals surface area contributed by atoms with Crippen LogP contribution in [-0.2, 0) is 11.0 Å². The largest absolute Gasteiger partial charge is 0.494 e. The summed E-state index contributed by atoms with van der Waals surface area (Å²) in [5, 5.41) is 3.59. The van der Waals surface area contributed by atoms with Gasteiger partial charge in [-0.1, -0.05) is 11.6 Å². The molecule has 2 aromatic heterocycles. The molecule has 0 bridgehead atoms. The number of rotatable bonds is 4. The molecule has 1 aliphatic heterocycles. The lowest BCUT2D eigenvalue weighted by Gasteiger charge is -2.34. The topological polar surface area (TPSA) is 67.2 Å². The lowest BCUT2D eigenvalue weighted by molar-refractivity contribution is -0.142. The molecule has 5 rings (SSSR count). The van der Waals surface area contributed by atoms with Crippen LogP contribution in [0.4, 0.5) is 27.6 Å². The second-order valence-electron chi connectivity index (χ2n) is 8.62. The molecule has 7 nitrogen and oxygen atoms in total. The van der Waals surface area contributed by atoms with Crippen molar-refractivity contribution in [3.63, 3.8) is 0 Å². The first-order valence-electron chi connectivity index (χ1n) is 10.9. The van der Waals surface area contributed by atoms with E-state index in [4.69, 9.17) is 16.3 Å². The Balaban J connectivity index is 1.43. The number of piperazine rings is 1. The molecule has 1 saturated carbocycles. The average Bonchev–Trinajstić information content (AvgIpc) is 3.62. The van der Waals surface area contributed by atoms with Crippen molar-refractivity contribution in [2.24, 2.45) is 0 Å². The molecule has 0 unspecified atom stereocenters. The molecular weight excluding hydrogens is 511 g/mol. The predicted molar refractivity (Wildman–Crippen MR) is 118 cm³/mol. The summed E-state index contributed by atoms with van der Waals surface area (Å²) in [5.41, 5.74) is -1.40. The molecule has 1 aliphatic carbocycles. The maximum Gasteiger partial charge on any atom is 0.433 e. The van der Waals surface area contributed by atoms with Gasteiger partial charge < -0.3 is 14.5 Å². The Kier molecular flexibility index (Phi) is 5.81. The van der Waals surface area contributed by atoms with Crippen LogP contribution in [0.3, 0.4) is 0 Å². The number of nitrogens with zero attached hydrogens (tertiary/aromatic N) is 4. The lowest BCUT2D eigenvalue weighted by Crippen LogP contribution is -2.52. The van der Waals surface area contributed by atoms with Gasteiger partial charge >= 0.3 is 6.18 Å². The SMILES string of the molecule is COc1cc(F)c(N2CCN(C(=O)c3nn4c(C(F)(F)F)cc(C5CC5)cc4c3Cl)CC2=O)cc1F. The van der Waals surface area contributed by atoms with E-state index in [9.17, 15) is 31.5 Å². The molecule has 1 aromatic carbocycles. The Morgan fingerprint density at radius 1 is 1.11 bits per heavy atom. The smallest absolute Gasteiger partial charge is 0.433 e. The van der Waals surface area contributed by atoms with Crippen LogP contribution in [0.15, 0.2) is 24.3 Å². The molecule has 2 aliphatic rings. The van der Waals surface area contributed by atoms with Crippen LogP contribution in [0.1, 0.15) is 40.5 Å². The van der Waals surface area contributed by atoms with Gasteiger partial charge in [0.2, 0.25) is 5.91 Å². The molecule has 2 fully saturated rings. The molecule has 190 valence electrons. The first-order chi connectivity index (χ1) is 17.0. The number of methoxy groups -OCH3 is 1. The maximum atomic E-state index is 14.5. The minimum absolute atomic E-state index is 0.00453. The molecular formula is C23H18ClF5N4O3. The van der Waals surface area contributed by atoms with Crippen LogP contribution in [0, 0.1) is 11.6 Å². The van der Waals surface area contributed by atoms with Gasteiger partial charge in [-0.25, -0.2) is 13.3 Å². The van der Waals surface area contributed by atoms with Crippen molar-refractivity contribution in [3.05, 3.63) is 57.9 Å². The Hall–Kier alpha value is -3.41. The fourth-order valence-electron chi connectivity index (χ4n) is 4.26. The highest BCUT2D eigenvalue weighted by Gasteiger charge is 2.39. The number of ether oxygens (including phenoxy) is 1. The van der Waals surface area contributed by atoms with E-state index in [-0.39, 0.29) is 41.0 Å². The zero-order valence-electron chi connectivity index (χ0n) is 18.7. The fourth-order valence-corrected chi connectivity index (χ4v) is 4.52. The number of anilines is 1. The van der Waals surface area contributed by atoms with Crippen molar-refractivity contribution < 1.29 is 36.3 Å². The minimum Gasteiger partial charge on any atom is -0.494 e. The van der Waals surface area contributed by atoms with Crippen molar-refractivity contribution in [3.8, 4) is 5.75 Å². The number of carbonyl (C=O) groups is 2. The van der Waals surface area contributed by atoms with Crippen LogP contribution in [-0.4, -0.2) is 53.1 Å². The van der Waals surface area contributed by atoms with Crippen LogP contribution in [0.25, 0.3) is 5.52 Å². The number of hydrogen-bond acceptors (Lipinski definition) is 4. The Morgan fingerprint density at radius 2 is 1.83 bits per heavy atom. The molecule has 3 aromatic rings.